The van der Waals surface area contributed by atoms with E-state index in [1.807, 2.05) is 61.7 Å². The molecular formula is C21H22N2O3. The summed E-state index contributed by atoms with van der Waals surface area (Å²) in [6.07, 6.45) is 2.73. The van der Waals surface area contributed by atoms with Crippen molar-refractivity contribution in [2.24, 2.45) is 0 Å². The first-order valence-corrected chi connectivity index (χ1v) is 8.64. The first-order chi connectivity index (χ1) is 12.6. The highest BCUT2D eigenvalue weighted by molar-refractivity contribution is 5.84. The molecule has 0 aliphatic carbocycles. The van der Waals surface area contributed by atoms with E-state index in [0.717, 1.165) is 22.0 Å². The SMILES string of the molecule is Cc1ccc(CNC(=O)COC(=O)CCc2c[nH]c3ccccc23)cc1. The van der Waals surface area contributed by atoms with Gasteiger partial charge in [0, 0.05) is 30.1 Å². The van der Waals surface area contributed by atoms with E-state index < -0.39 is 0 Å². The molecule has 26 heavy (non-hydrogen) atoms. The number of aromatic nitrogens is 1. The predicted molar refractivity (Wildman–Crippen MR) is 101 cm³/mol. The zero-order valence-corrected chi connectivity index (χ0v) is 14.7. The zero-order valence-electron chi connectivity index (χ0n) is 14.7. The lowest BCUT2D eigenvalue weighted by atomic mass is 10.1. The number of esters is 1. The average Bonchev–Trinajstić information content (AvgIpc) is 3.07. The number of H-pyrrole nitrogens is 1. The van der Waals surface area contributed by atoms with Crippen molar-refractivity contribution in [3.63, 3.8) is 0 Å². The lowest BCUT2D eigenvalue weighted by Crippen LogP contribution is -2.28. The number of carbonyl (C=O) groups is 2. The highest BCUT2D eigenvalue weighted by Gasteiger charge is 2.10. The Balaban J connectivity index is 1.39. The van der Waals surface area contributed by atoms with Gasteiger partial charge in [-0.15, -0.1) is 0 Å². The van der Waals surface area contributed by atoms with Crippen LogP contribution >= 0.6 is 0 Å². The molecule has 5 heteroatoms. The van der Waals surface area contributed by atoms with Gasteiger partial charge in [-0.1, -0.05) is 48.0 Å². The minimum Gasteiger partial charge on any atom is -0.456 e. The van der Waals surface area contributed by atoms with Gasteiger partial charge in [0.1, 0.15) is 0 Å². The van der Waals surface area contributed by atoms with E-state index in [4.69, 9.17) is 4.74 Å². The van der Waals surface area contributed by atoms with E-state index >= 15 is 0 Å². The molecule has 0 bridgehead atoms. The van der Waals surface area contributed by atoms with E-state index in [1.54, 1.807) is 0 Å². The first-order valence-electron chi connectivity index (χ1n) is 8.64. The van der Waals surface area contributed by atoms with Gasteiger partial charge in [0.05, 0.1) is 0 Å². The molecule has 5 nitrogen and oxygen atoms in total. The molecule has 1 amide bonds. The van der Waals surface area contributed by atoms with Crippen LogP contribution in [0.5, 0.6) is 0 Å². The number of fused-ring (bicyclic) bond motifs is 1. The van der Waals surface area contributed by atoms with Crippen LogP contribution in [-0.4, -0.2) is 23.5 Å². The van der Waals surface area contributed by atoms with Crippen molar-refractivity contribution in [3.8, 4) is 0 Å². The third-order valence-electron chi connectivity index (χ3n) is 4.25. The van der Waals surface area contributed by atoms with Crippen LogP contribution in [0.4, 0.5) is 0 Å². The van der Waals surface area contributed by atoms with Gasteiger partial charge in [-0.2, -0.15) is 0 Å². The van der Waals surface area contributed by atoms with Crippen LogP contribution in [0.1, 0.15) is 23.1 Å². The Bertz CT molecular complexity index is 897. The fraction of sp³-hybridized carbons (Fsp3) is 0.238. The molecule has 2 aromatic carbocycles. The number of para-hydroxylation sites is 1. The number of ether oxygens (including phenoxy) is 1. The highest BCUT2D eigenvalue weighted by atomic mass is 16.5. The summed E-state index contributed by atoms with van der Waals surface area (Å²) in [7, 11) is 0. The largest absolute Gasteiger partial charge is 0.456 e. The number of nitrogens with one attached hydrogen (secondary N) is 2. The van der Waals surface area contributed by atoms with Crippen molar-refractivity contribution < 1.29 is 14.3 Å². The molecule has 0 aliphatic heterocycles. The molecule has 0 unspecified atom stereocenters. The molecule has 0 aliphatic rings. The lowest BCUT2D eigenvalue weighted by molar-refractivity contribution is -0.148. The van der Waals surface area contributed by atoms with E-state index in [9.17, 15) is 9.59 Å². The van der Waals surface area contributed by atoms with Crippen molar-refractivity contribution in [3.05, 3.63) is 71.4 Å². The molecule has 0 radical (unpaired) electrons. The molecule has 0 saturated heterocycles. The second-order valence-corrected chi connectivity index (χ2v) is 6.28. The number of rotatable bonds is 7. The summed E-state index contributed by atoms with van der Waals surface area (Å²) in [5.74, 6) is -0.674. The smallest absolute Gasteiger partial charge is 0.306 e. The number of amides is 1. The number of benzene rings is 2. The van der Waals surface area contributed by atoms with Crippen molar-refractivity contribution in [1.82, 2.24) is 10.3 Å². The Morgan fingerprint density at radius 1 is 1.08 bits per heavy atom. The van der Waals surface area contributed by atoms with Gasteiger partial charge < -0.3 is 15.0 Å². The Morgan fingerprint density at radius 2 is 1.85 bits per heavy atom. The van der Waals surface area contributed by atoms with Crippen molar-refractivity contribution >= 4 is 22.8 Å². The molecule has 0 spiro atoms. The molecule has 2 N–H and O–H groups in total. The monoisotopic (exact) mass is 350 g/mol. The summed E-state index contributed by atoms with van der Waals surface area (Å²) in [5.41, 5.74) is 4.30. The minimum absolute atomic E-state index is 0.243. The Labute approximate surface area is 152 Å². The topological polar surface area (TPSA) is 71.2 Å². The first kappa shape index (κ1) is 17.7. The summed E-state index contributed by atoms with van der Waals surface area (Å²) in [6, 6.07) is 15.9. The standard InChI is InChI=1S/C21H22N2O3/c1-15-6-8-16(9-7-15)12-23-20(24)14-26-21(25)11-10-17-13-22-19-5-3-2-4-18(17)19/h2-9,13,22H,10-12,14H2,1H3,(H,23,24). The molecule has 3 aromatic rings. The van der Waals surface area contributed by atoms with Gasteiger partial charge in [-0.05, 0) is 30.5 Å². The maximum absolute atomic E-state index is 11.9. The molecule has 0 saturated carbocycles. The number of aromatic amines is 1. The fourth-order valence-electron chi connectivity index (χ4n) is 2.75. The van der Waals surface area contributed by atoms with E-state index in [-0.39, 0.29) is 24.9 Å². The highest BCUT2D eigenvalue weighted by Crippen LogP contribution is 2.19. The van der Waals surface area contributed by atoms with Gasteiger partial charge in [0.25, 0.3) is 5.91 Å². The third kappa shape index (κ3) is 4.72. The van der Waals surface area contributed by atoms with Crippen LogP contribution in [0.3, 0.4) is 0 Å². The molecule has 0 fully saturated rings. The van der Waals surface area contributed by atoms with Crippen molar-refractivity contribution in [2.45, 2.75) is 26.3 Å². The average molecular weight is 350 g/mol. The van der Waals surface area contributed by atoms with Crippen LogP contribution in [0.15, 0.2) is 54.7 Å². The quantitative estimate of drug-likeness (QED) is 0.643. The van der Waals surface area contributed by atoms with Gasteiger partial charge in [0.15, 0.2) is 6.61 Å². The van der Waals surface area contributed by atoms with E-state index in [1.165, 1.54) is 5.56 Å². The van der Waals surface area contributed by atoms with Gasteiger partial charge in [-0.3, -0.25) is 9.59 Å². The molecular weight excluding hydrogens is 328 g/mol. The number of hydrogen-bond donors (Lipinski definition) is 2. The molecule has 3 rings (SSSR count). The van der Waals surface area contributed by atoms with Crippen molar-refractivity contribution in [2.75, 3.05) is 6.61 Å². The van der Waals surface area contributed by atoms with Gasteiger partial charge in [0.2, 0.25) is 0 Å². The van der Waals surface area contributed by atoms with E-state index in [0.29, 0.717) is 13.0 Å². The second kappa shape index (κ2) is 8.34. The summed E-state index contributed by atoms with van der Waals surface area (Å²) in [6.45, 7) is 2.18. The summed E-state index contributed by atoms with van der Waals surface area (Å²) < 4.78 is 5.06. The van der Waals surface area contributed by atoms with E-state index in [2.05, 4.69) is 10.3 Å². The van der Waals surface area contributed by atoms with Crippen molar-refractivity contribution in [1.29, 1.82) is 0 Å². The molecule has 1 aromatic heterocycles. The predicted octanol–water partition coefficient (Wildman–Crippen LogP) is 3.27. The molecule has 1 heterocycles. The molecule has 134 valence electrons. The second-order valence-electron chi connectivity index (χ2n) is 6.28. The maximum Gasteiger partial charge on any atom is 0.306 e. The summed E-state index contributed by atoms with van der Waals surface area (Å²) in [5, 5.41) is 3.85. The van der Waals surface area contributed by atoms with Crippen LogP contribution < -0.4 is 5.32 Å². The van der Waals surface area contributed by atoms with Crippen LogP contribution in [0, 0.1) is 6.92 Å². The Morgan fingerprint density at radius 3 is 2.65 bits per heavy atom. The third-order valence-corrected chi connectivity index (χ3v) is 4.25. The zero-order chi connectivity index (χ0) is 18.4. The number of aryl methyl sites for hydroxylation is 2. The minimum atomic E-state index is -0.374. The van der Waals surface area contributed by atoms with Crippen LogP contribution in [0.25, 0.3) is 10.9 Å². The van der Waals surface area contributed by atoms with Crippen LogP contribution in [-0.2, 0) is 27.3 Å². The summed E-state index contributed by atoms with van der Waals surface area (Å²) in [4.78, 5) is 26.9. The Kier molecular flexibility index (Phi) is 5.69. The maximum atomic E-state index is 11.9. The lowest BCUT2D eigenvalue weighted by Gasteiger charge is -2.07. The Hall–Kier alpha value is -3.08. The van der Waals surface area contributed by atoms with Gasteiger partial charge >= 0.3 is 5.97 Å². The normalized spacial score (nSPS) is 10.7. The molecule has 0 atom stereocenters. The van der Waals surface area contributed by atoms with Crippen LogP contribution in [0.2, 0.25) is 0 Å². The number of carbonyl (C=O) groups excluding carboxylic acids is 2. The van der Waals surface area contributed by atoms with Gasteiger partial charge in [-0.25, -0.2) is 0 Å². The number of hydrogen-bond acceptors (Lipinski definition) is 3. The summed E-state index contributed by atoms with van der Waals surface area (Å²) >= 11 is 0. The fourth-order valence-corrected chi connectivity index (χ4v) is 2.75.